The number of anilines is 1. The van der Waals surface area contributed by atoms with Crippen LogP contribution in [0.4, 0.5) is 5.69 Å². The standard InChI is InChI=1S/C21H23NO4/c1-3-17-7-5-6-8-19(17)22-20(23)15-26-21(24)14-11-16-9-12-18(13-10-16)25-4-2/h5-14H,3-4,15H2,1-2H3,(H,22,23)/b14-11+. The van der Waals surface area contributed by atoms with Crippen LogP contribution in [-0.4, -0.2) is 25.1 Å². The molecule has 2 rings (SSSR count). The quantitative estimate of drug-likeness (QED) is 0.578. The van der Waals surface area contributed by atoms with Gasteiger partial charge in [0.25, 0.3) is 5.91 Å². The fraction of sp³-hybridized carbons (Fsp3) is 0.238. The van der Waals surface area contributed by atoms with Crippen LogP contribution in [-0.2, 0) is 20.7 Å². The highest BCUT2D eigenvalue weighted by molar-refractivity contribution is 5.95. The minimum Gasteiger partial charge on any atom is -0.494 e. The van der Waals surface area contributed by atoms with Gasteiger partial charge in [-0.05, 0) is 48.7 Å². The highest BCUT2D eigenvalue weighted by atomic mass is 16.5. The van der Waals surface area contributed by atoms with Crippen LogP contribution in [0.1, 0.15) is 25.0 Å². The van der Waals surface area contributed by atoms with Crippen molar-refractivity contribution >= 4 is 23.6 Å². The van der Waals surface area contributed by atoms with Crippen molar-refractivity contribution in [3.63, 3.8) is 0 Å². The zero-order valence-electron chi connectivity index (χ0n) is 15.0. The minimum absolute atomic E-state index is 0.329. The van der Waals surface area contributed by atoms with Crippen LogP contribution < -0.4 is 10.1 Å². The summed E-state index contributed by atoms with van der Waals surface area (Å²) in [6, 6.07) is 14.9. The Balaban J connectivity index is 1.81. The smallest absolute Gasteiger partial charge is 0.331 e. The largest absolute Gasteiger partial charge is 0.494 e. The minimum atomic E-state index is -0.571. The lowest BCUT2D eigenvalue weighted by Crippen LogP contribution is -2.20. The highest BCUT2D eigenvalue weighted by Gasteiger charge is 2.07. The number of hydrogen-bond acceptors (Lipinski definition) is 4. The zero-order chi connectivity index (χ0) is 18.8. The van der Waals surface area contributed by atoms with Gasteiger partial charge in [-0.15, -0.1) is 0 Å². The molecule has 0 aromatic heterocycles. The fourth-order valence-corrected chi connectivity index (χ4v) is 2.33. The number of rotatable bonds is 8. The topological polar surface area (TPSA) is 64.6 Å². The van der Waals surface area contributed by atoms with Crippen LogP contribution in [0.15, 0.2) is 54.6 Å². The maximum atomic E-state index is 11.9. The third-order valence-corrected chi connectivity index (χ3v) is 3.62. The molecule has 136 valence electrons. The molecule has 0 aliphatic carbocycles. The number of para-hydroxylation sites is 1. The van der Waals surface area contributed by atoms with Crippen LogP contribution in [0.3, 0.4) is 0 Å². The molecule has 0 aliphatic rings. The molecule has 0 radical (unpaired) electrons. The molecule has 5 nitrogen and oxygen atoms in total. The lowest BCUT2D eigenvalue weighted by Gasteiger charge is -2.09. The summed E-state index contributed by atoms with van der Waals surface area (Å²) in [7, 11) is 0. The second kappa shape index (κ2) is 10.0. The van der Waals surface area contributed by atoms with E-state index in [1.807, 2.05) is 62.4 Å². The number of aryl methyl sites for hydroxylation is 1. The second-order valence-electron chi connectivity index (χ2n) is 5.50. The molecule has 2 aromatic rings. The number of carbonyl (C=O) groups is 2. The van der Waals surface area contributed by atoms with Crippen molar-refractivity contribution in [2.75, 3.05) is 18.5 Å². The Kier molecular flexibility index (Phi) is 7.43. The maximum absolute atomic E-state index is 11.9. The fourth-order valence-electron chi connectivity index (χ4n) is 2.33. The predicted octanol–water partition coefficient (Wildman–Crippen LogP) is 3.84. The molecule has 0 heterocycles. The first-order chi connectivity index (χ1) is 12.6. The van der Waals surface area contributed by atoms with Gasteiger partial charge in [0.2, 0.25) is 0 Å². The molecule has 0 unspecified atom stereocenters. The highest BCUT2D eigenvalue weighted by Crippen LogP contribution is 2.15. The number of benzene rings is 2. The molecule has 0 bridgehead atoms. The van der Waals surface area contributed by atoms with Crippen molar-refractivity contribution in [1.82, 2.24) is 0 Å². The Morgan fingerprint density at radius 3 is 2.46 bits per heavy atom. The Labute approximate surface area is 153 Å². The van der Waals surface area contributed by atoms with E-state index in [0.717, 1.165) is 29.0 Å². The molecule has 0 fully saturated rings. The van der Waals surface area contributed by atoms with Crippen molar-refractivity contribution < 1.29 is 19.1 Å². The third-order valence-electron chi connectivity index (χ3n) is 3.62. The van der Waals surface area contributed by atoms with E-state index in [9.17, 15) is 9.59 Å². The summed E-state index contributed by atoms with van der Waals surface area (Å²) in [5.74, 6) is -0.164. The van der Waals surface area contributed by atoms with Gasteiger partial charge in [-0.3, -0.25) is 4.79 Å². The molecule has 26 heavy (non-hydrogen) atoms. The van der Waals surface area contributed by atoms with Crippen LogP contribution >= 0.6 is 0 Å². The first-order valence-corrected chi connectivity index (χ1v) is 8.57. The number of ether oxygens (including phenoxy) is 2. The molecule has 0 spiro atoms. The van der Waals surface area contributed by atoms with Crippen molar-refractivity contribution in [3.8, 4) is 5.75 Å². The van der Waals surface area contributed by atoms with E-state index >= 15 is 0 Å². The molecule has 1 amide bonds. The van der Waals surface area contributed by atoms with Gasteiger partial charge < -0.3 is 14.8 Å². The van der Waals surface area contributed by atoms with Gasteiger partial charge in [0.1, 0.15) is 5.75 Å². The molecule has 2 aromatic carbocycles. The molecule has 0 atom stereocenters. The Morgan fingerprint density at radius 2 is 1.77 bits per heavy atom. The number of carbonyl (C=O) groups excluding carboxylic acids is 2. The molecule has 5 heteroatoms. The van der Waals surface area contributed by atoms with Gasteiger partial charge in [-0.1, -0.05) is 37.3 Å². The van der Waals surface area contributed by atoms with E-state index in [1.54, 1.807) is 6.08 Å². The van der Waals surface area contributed by atoms with E-state index in [1.165, 1.54) is 6.08 Å². The molecule has 0 aliphatic heterocycles. The van der Waals surface area contributed by atoms with E-state index in [4.69, 9.17) is 9.47 Å². The van der Waals surface area contributed by atoms with Gasteiger partial charge in [0.05, 0.1) is 6.61 Å². The first kappa shape index (κ1) is 19.2. The van der Waals surface area contributed by atoms with E-state index in [-0.39, 0.29) is 12.5 Å². The SMILES string of the molecule is CCOc1ccc(/C=C/C(=O)OCC(=O)Nc2ccccc2CC)cc1. The molecule has 0 saturated heterocycles. The second-order valence-corrected chi connectivity index (χ2v) is 5.50. The van der Waals surface area contributed by atoms with Crippen LogP contribution in [0.25, 0.3) is 6.08 Å². The van der Waals surface area contributed by atoms with Crippen LogP contribution in [0, 0.1) is 0 Å². The Morgan fingerprint density at radius 1 is 1.04 bits per heavy atom. The molecule has 1 N–H and O–H groups in total. The van der Waals surface area contributed by atoms with Gasteiger partial charge in [-0.2, -0.15) is 0 Å². The summed E-state index contributed by atoms with van der Waals surface area (Å²) < 4.78 is 10.3. The summed E-state index contributed by atoms with van der Waals surface area (Å²) in [6.07, 6.45) is 3.73. The van der Waals surface area contributed by atoms with Gasteiger partial charge >= 0.3 is 5.97 Å². The van der Waals surface area contributed by atoms with Gasteiger partial charge in [0, 0.05) is 11.8 Å². The maximum Gasteiger partial charge on any atom is 0.331 e. The Hall–Kier alpha value is -3.08. The van der Waals surface area contributed by atoms with Crippen molar-refractivity contribution in [2.45, 2.75) is 20.3 Å². The van der Waals surface area contributed by atoms with E-state index < -0.39 is 5.97 Å². The van der Waals surface area contributed by atoms with E-state index in [2.05, 4.69) is 5.32 Å². The number of esters is 1. The summed E-state index contributed by atoms with van der Waals surface area (Å²) in [5, 5.41) is 2.75. The van der Waals surface area contributed by atoms with Crippen molar-refractivity contribution in [2.24, 2.45) is 0 Å². The average molecular weight is 353 g/mol. The van der Waals surface area contributed by atoms with Crippen LogP contribution in [0.2, 0.25) is 0 Å². The van der Waals surface area contributed by atoms with E-state index in [0.29, 0.717) is 6.61 Å². The normalized spacial score (nSPS) is 10.5. The monoisotopic (exact) mass is 353 g/mol. The van der Waals surface area contributed by atoms with Crippen LogP contribution in [0.5, 0.6) is 5.75 Å². The van der Waals surface area contributed by atoms with Crippen molar-refractivity contribution in [3.05, 3.63) is 65.7 Å². The lowest BCUT2D eigenvalue weighted by atomic mass is 10.1. The summed E-state index contributed by atoms with van der Waals surface area (Å²) in [5.41, 5.74) is 2.61. The number of nitrogens with one attached hydrogen (secondary N) is 1. The molecular formula is C21H23NO4. The number of amides is 1. The number of hydrogen-bond donors (Lipinski definition) is 1. The van der Waals surface area contributed by atoms with Crippen molar-refractivity contribution in [1.29, 1.82) is 0 Å². The third kappa shape index (κ3) is 6.09. The lowest BCUT2D eigenvalue weighted by molar-refractivity contribution is -0.142. The van der Waals surface area contributed by atoms with Gasteiger partial charge in [-0.25, -0.2) is 4.79 Å². The van der Waals surface area contributed by atoms with Gasteiger partial charge in [0.15, 0.2) is 6.61 Å². The molecule has 0 saturated carbocycles. The summed E-state index contributed by atoms with van der Waals surface area (Å²) >= 11 is 0. The summed E-state index contributed by atoms with van der Waals surface area (Å²) in [6.45, 7) is 4.20. The first-order valence-electron chi connectivity index (χ1n) is 8.57. The average Bonchev–Trinajstić information content (AvgIpc) is 2.66. The predicted molar refractivity (Wildman–Crippen MR) is 102 cm³/mol. The Bertz CT molecular complexity index is 766. The summed E-state index contributed by atoms with van der Waals surface area (Å²) in [4.78, 5) is 23.7. The zero-order valence-corrected chi connectivity index (χ0v) is 15.0. The molecular weight excluding hydrogens is 330 g/mol.